The number of aliphatic hydroxyl groups is 2. The number of hydrogen-bond acceptors (Lipinski definition) is 2. The van der Waals surface area contributed by atoms with Gasteiger partial charge in [-0.3, -0.25) is 0 Å². The summed E-state index contributed by atoms with van der Waals surface area (Å²) in [6, 6.07) is 0. The van der Waals surface area contributed by atoms with Crippen LogP contribution in [0.15, 0.2) is 11.6 Å². The summed E-state index contributed by atoms with van der Waals surface area (Å²) in [4.78, 5) is 0. The van der Waals surface area contributed by atoms with E-state index in [1.807, 2.05) is 0 Å². The van der Waals surface area contributed by atoms with Crippen LogP contribution in [-0.2, 0) is 0 Å². The number of fused-ring (bicyclic) bond motifs is 5. The fourth-order valence-corrected chi connectivity index (χ4v) is 9.11. The number of rotatable bonds is 7. The van der Waals surface area contributed by atoms with Crippen molar-refractivity contribution < 1.29 is 10.2 Å². The molecular formula is C29H50O2. The average molecular weight is 431 g/mol. The molecule has 0 heterocycles. The van der Waals surface area contributed by atoms with Gasteiger partial charge in [0.2, 0.25) is 0 Å². The minimum atomic E-state index is -0.119. The van der Waals surface area contributed by atoms with Gasteiger partial charge in [-0.15, -0.1) is 0 Å². The van der Waals surface area contributed by atoms with Crippen LogP contribution in [0.25, 0.3) is 0 Å². The Kier molecular flexibility index (Phi) is 7.01. The molecule has 0 aromatic heterocycles. The van der Waals surface area contributed by atoms with Crippen LogP contribution in [0.4, 0.5) is 0 Å². The lowest BCUT2D eigenvalue weighted by Gasteiger charge is -2.58. The summed E-state index contributed by atoms with van der Waals surface area (Å²) in [7, 11) is 0. The smallest absolute Gasteiger partial charge is 0.0577 e. The Bertz CT molecular complexity index is 653. The summed E-state index contributed by atoms with van der Waals surface area (Å²) in [5, 5.41) is 21.2. The summed E-state index contributed by atoms with van der Waals surface area (Å²) >= 11 is 0. The van der Waals surface area contributed by atoms with Gasteiger partial charge in [-0.25, -0.2) is 0 Å². The zero-order valence-corrected chi connectivity index (χ0v) is 21.1. The van der Waals surface area contributed by atoms with Gasteiger partial charge in [0.05, 0.1) is 12.2 Å². The monoisotopic (exact) mass is 430 g/mol. The number of hydrogen-bond donors (Lipinski definition) is 2. The van der Waals surface area contributed by atoms with Gasteiger partial charge in [0.1, 0.15) is 0 Å². The van der Waals surface area contributed by atoms with Gasteiger partial charge in [0.25, 0.3) is 0 Å². The Morgan fingerprint density at radius 2 is 1.81 bits per heavy atom. The maximum absolute atomic E-state index is 11.0. The first-order valence-electron chi connectivity index (χ1n) is 13.8. The zero-order chi connectivity index (χ0) is 22.4. The zero-order valence-electron chi connectivity index (χ0n) is 21.1. The van der Waals surface area contributed by atoms with Crippen molar-refractivity contribution in [2.45, 2.75) is 124 Å². The van der Waals surface area contributed by atoms with Crippen molar-refractivity contribution in [2.24, 2.45) is 46.3 Å². The highest BCUT2D eigenvalue weighted by Crippen LogP contribution is 2.66. The lowest BCUT2D eigenvalue weighted by molar-refractivity contribution is -0.0529. The second-order valence-corrected chi connectivity index (χ2v) is 12.8. The molecule has 9 atom stereocenters. The third-order valence-corrected chi connectivity index (χ3v) is 11.1. The normalized spacial score (nSPS) is 44.3. The molecule has 4 aliphatic rings. The van der Waals surface area contributed by atoms with Crippen molar-refractivity contribution in [3.8, 4) is 0 Å². The fourth-order valence-electron chi connectivity index (χ4n) is 9.11. The highest BCUT2D eigenvalue weighted by atomic mass is 16.3. The van der Waals surface area contributed by atoms with E-state index in [0.717, 1.165) is 49.4 Å². The topological polar surface area (TPSA) is 40.5 Å². The third-order valence-electron chi connectivity index (χ3n) is 11.1. The summed E-state index contributed by atoms with van der Waals surface area (Å²) < 4.78 is 0. The van der Waals surface area contributed by atoms with E-state index < -0.39 is 0 Å². The summed E-state index contributed by atoms with van der Waals surface area (Å²) in [6.45, 7) is 12.0. The van der Waals surface area contributed by atoms with Gasteiger partial charge in [-0.2, -0.15) is 0 Å². The van der Waals surface area contributed by atoms with Crippen LogP contribution in [0.3, 0.4) is 0 Å². The molecular weight excluding hydrogens is 380 g/mol. The van der Waals surface area contributed by atoms with E-state index in [0.29, 0.717) is 22.7 Å². The van der Waals surface area contributed by atoms with Crippen LogP contribution >= 0.6 is 0 Å². The molecule has 0 bridgehead atoms. The van der Waals surface area contributed by atoms with Crippen molar-refractivity contribution in [1.29, 1.82) is 0 Å². The lowest BCUT2D eigenvalue weighted by Crippen LogP contribution is -2.50. The van der Waals surface area contributed by atoms with Crippen LogP contribution in [0.1, 0.15) is 112 Å². The minimum absolute atomic E-state index is 0.102. The molecule has 0 spiro atoms. The first kappa shape index (κ1) is 23.8. The van der Waals surface area contributed by atoms with Crippen LogP contribution in [0.5, 0.6) is 0 Å². The highest BCUT2D eigenvalue weighted by molar-refractivity contribution is 5.25. The molecule has 31 heavy (non-hydrogen) atoms. The van der Waals surface area contributed by atoms with Crippen LogP contribution in [0.2, 0.25) is 0 Å². The molecule has 0 saturated heterocycles. The summed E-state index contributed by atoms with van der Waals surface area (Å²) in [6.07, 6.45) is 16.8. The molecule has 2 N–H and O–H groups in total. The molecule has 178 valence electrons. The van der Waals surface area contributed by atoms with Crippen LogP contribution in [-0.4, -0.2) is 22.4 Å². The Morgan fingerprint density at radius 1 is 1.03 bits per heavy atom. The van der Waals surface area contributed by atoms with Gasteiger partial charge in [-0.1, -0.05) is 52.7 Å². The lowest BCUT2D eigenvalue weighted by atomic mass is 9.47. The van der Waals surface area contributed by atoms with Crippen molar-refractivity contribution in [1.82, 2.24) is 0 Å². The average Bonchev–Trinajstić information content (AvgIpc) is 3.07. The largest absolute Gasteiger partial charge is 0.393 e. The van der Waals surface area contributed by atoms with Gasteiger partial charge < -0.3 is 10.2 Å². The number of allylic oxidation sites excluding steroid dienone is 1. The Hall–Kier alpha value is -0.340. The van der Waals surface area contributed by atoms with Gasteiger partial charge in [0, 0.05) is 0 Å². The van der Waals surface area contributed by atoms with Crippen molar-refractivity contribution in [3.63, 3.8) is 0 Å². The molecule has 3 saturated carbocycles. The first-order valence-corrected chi connectivity index (χ1v) is 13.8. The Morgan fingerprint density at radius 3 is 2.52 bits per heavy atom. The van der Waals surface area contributed by atoms with Crippen LogP contribution < -0.4 is 0 Å². The van der Waals surface area contributed by atoms with Gasteiger partial charge >= 0.3 is 0 Å². The fraction of sp³-hybridized carbons (Fsp3) is 0.931. The van der Waals surface area contributed by atoms with E-state index in [-0.39, 0.29) is 12.2 Å². The highest BCUT2D eigenvalue weighted by Gasteiger charge is 2.58. The second kappa shape index (κ2) is 9.13. The van der Waals surface area contributed by atoms with E-state index in [1.54, 1.807) is 5.57 Å². The minimum Gasteiger partial charge on any atom is -0.393 e. The quantitative estimate of drug-likeness (QED) is 0.421. The maximum atomic E-state index is 11.0. The third kappa shape index (κ3) is 4.18. The van der Waals surface area contributed by atoms with Crippen molar-refractivity contribution in [2.75, 3.05) is 0 Å². The van der Waals surface area contributed by atoms with E-state index in [1.165, 1.54) is 51.4 Å². The standard InChI is InChI=1S/C29H50O2/c1-6-7-23(19(2)3)27(31)13-10-20-9-12-25-24-11-8-21-18-22(30)14-16-29(21,5)26(24)15-17-28(20,25)4/h8,19-20,22-27,30-31H,6-7,9-18H2,1-5H3/t20-,22+,23+,24?,25?,26?,27+,28-,29+/m1/s1. The van der Waals surface area contributed by atoms with E-state index in [4.69, 9.17) is 0 Å². The van der Waals surface area contributed by atoms with E-state index in [2.05, 4.69) is 40.7 Å². The summed E-state index contributed by atoms with van der Waals surface area (Å²) in [5.74, 6) is 4.39. The van der Waals surface area contributed by atoms with Crippen LogP contribution in [0, 0.1) is 46.3 Å². The molecule has 2 nitrogen and oxygen atoms in total. The molecule has 0 amide bonds. The van der Waals surface area contributed by atoms with Crippen molar-refractivity contribution in [3.05, 3.63) is 11.6 Å². The number of aliphatic hydroxyl groups excluding tert-OH is 2. The molecule has 3 unspecified atom stereocenters. The first-order chi connectivity index (χ1) is 14.7. The molecule has 4 rings (SSSR count). The molecule has 0 radical (unpaired) electrons. The second-order valence-electron chi connectivity index (χ2n) is 12.8. The predicted octanol–water partition coefficient (Wildman–Crippen LogP) is 7.14. The molecule has 0 aliphatic heterocycles. The Balaban J connectivity index is 1.44. The van der Waals surface area contributed by atoms with Gasteiger partial charge in [-0.05, 0) is 117 Å². The molecule has 4 aliphatic carbocycles. The Labute approximate surface area is 192 Å². The predicted molar refractivity (Wildman–Crippen MR) is 130 cm³/mol. The molecule has 3 fully saturated rings. The molecule has 0 aromatic carbocycles. The van der Waals surface area contributed by atoms with Gasteiger partial charge in [0.15, 0.2) is 0 Å². The van der Waals surface area contributed by atoms with E-state index >= 15 is 0 Å². The molecule has 2 heteroatoms. The van der Waals surface area contributed by atoms with Crippen molar-refractivity contribution >= 4 is 0 Å². The maximum Gasteiger partial charge on any atom is 0.0577 e. The summed E-state index contributed by atoms with van der Waals surface area (Å²) in [5.41, 5.74) is 2.42. The molecule has 0 aromatic rings. The SMILES string of the molecule is CCC[C@@H](C(C)C)[C@@H](O)CC[C@H]1CCC2C3CC=C4C[C@@H](O)CC[C@]4(C)C3CC[C@@]21C. The van der Waals surface area contributed by atoms with E-state index in [9.17, 15) is 10.2 Å².